The molecule has 26 heavy (non-hydrogen) atoms. The van der Waals surface area contributed by atoms with E-state index < -0.39 is 0 Å². The Hall–Kier alpha value is -1.92. The minimum atomic E-state index is -0.145. The van der Waals surface area contributed by atoms with Crippen molar-refractivity contribution in [3.8, 4) is 0 Å². The Balaban J connectivity index is 0.00000243. The molecular formula is C19H28ClN5O. The third-order valence-electron chi connectivity index (χ3n) is 5.23. The van der Waals surface area contributed by atoms with E-state index in [2.05, 4.69) is 40.0 Å². The smallest absolute Gasteiger partial charge is 0.273 e. The van der Waals surface area contributed by atoms with Crippen molar-refractivity contribution in [2.75, 3.05) is 13.1 Å². The molecule has 2 atom stereocenters. The summed E-state index contributed by atoms with van der Waals surface area (Å²) in [6.07, 6.45) is 2.04. The number of nitrogens with one attached hydrogen (secondary N) is 2. The highest BCUT2D eigenvalue weighted by Gasteiger charge is 2.24. The summed E-state index contributed by atoms with van der Waals surface area (Å²) in [5, 5.41) is 14.8. The third kappa shape index (κ3) is 4.43. The van der Waals surface area contributed by atoms with Crippen molar-refractivity contribution in [3.05, 3.63) is 47.3 Å². The zero-order valence-corrected chi connectivity index (χ0v) is 16.4. The van der Waals surface area contributed by atoms with E-state index >= 15 is 0 Å². The maximum Gasteiger partial charge on any atom is 0.273 e. The number of hydrogen-bond acceptors (Lipinski definition) is 4. The minimum absolute atomic E-state index is 0. The summed E-state index contributed by atoms with van der Waals surface area (Å²) in [5.41, 5.74) is 2.50. The molecular weight excluding hydrogens is 350 g/mol. The van der Waals surface area contributed by atoms with E-state index in [9.17, 15) is 4.79 Å². The summed E-state index contributed by atoms with van der Waals surface area (Å²) in [6, 6.07) is 10.6. The maximum atomic E-state index is 12.7. The molecule has 1 aromatic carbocycles. The van der Waals surface area contributed by atoms with Gasteiger partial charge in [-0.15, -0.1) is 17.5 Å². The Labute approximate surface area is 161 Å². The Bertz CT molecular complexity index is 712. The first-order valence-corrected chi connectivity index (χ1v) is 9.06. The minimum Gasteiger partial charge on any atom is -0.348 e. The van der Waals surface area contributed by atoms with Crippen LogP contribution in [-0.2, 0) is 0 Å². The molecule has 142 valence electrons. The van der Waals surface area contributed by atoms with Gasteiger partial charge in [0.15, 0.2) is 5.69 Å². The number of aromatic nitrogens is 3. The zero-order valence-electron chi connectivity index (χ0n) is 15.6. The number of hydrogen-bond donors (Lipinski definition) is 2. The fourth-order valence-corrected chi connectivity index (χ4v) is 3.39. The van der Waals surface area contributed by atoms with Crippen LogP contribution in [-0.4, -0.2) is 40.0 Å². The van der Waals surface area contributed by atoms with Gasteiger partial charge in [-0.2, -0.15) is 0 Å². The van der Waals surface area contributed by atoms with Crippen molar-refractivity contribution in [1.29, 1.82) is 0 Å². The lowest BCUT2D eigenvalue weighted by Gasteiger charge is -2.23. The Kier molecular flexibility index (Phi) is 7.17. The molecule has 1 fully saturated rings. The average Bonchev–Trinajstić information content (AvgIpc) is 3.04. The van der Waals surface area contributed by atoms with E-state index in [1.807, 2.05) is 36.7 Å². The topological polar surface area (TPSA) is 71.8 Å². The van der Waals surface area contributed by atoms with E-state index in [0.717, 1.165) is 31.6 Å². The molecule has 0 saturated carbocycles. The summed E-state index contributed by atoms with van der Waals surface area (Å²) >= 11 is 0. The van der Waals surface area contributed by atoms with Crippen LogP contribution in [0, 0.1) is 6.92 Å². The zero-order chi connectivity index (χ0) is 17.8. The number of carbonyl (C=O) groups is 1. The Morgan fingerprint density at radius 2 is 1.88 bits per heavy atom. The molecule has 1 saturated heterocycles. The number of rotatable bonds is 5. The Morgan fingerprint density at radius 3 is 2.54 bits per heavy atom. The first-order chi connectivity index (χ1) is 12.1. The van der Waals surface area contributed by atoms with Crippen molar-refractivity contribution < 1.29 is 4.79 Å². The molecule has 3 rings (SSSR count). The monoisotopic (exact) mass is 377 g/mol. The maximum absolute atomic E-state index is 12.7. The van der Waals surface area contributed by atoms with Gasteiger partial charge in [0.2, 0.25) is 0 Å². The van der Waals surface area contributed by atoms with Gasteiger partial charge >= 0.3 is 0 Å². The quantitative estimate of drug-likeness (QED) is 0.840. The van der Waals surface area contributed by atoms with Crippen LogP contribution in [0.3, 0.4) is 0 Å². The van der Waals surface area contributed by atoms with E-state index in [-0.39, 0.29) is 30.3 Å². The largest absolute Gasteiger partial charge is 0.348 e. The predicted molar refractivity (Wildman–Crippen MR) is 105 cm³/mol. The second-order valence-electron chi connectivity index (χ2n) is 6.91. The molecule has 2 aromatic rings. The van der Waals surface area contributed by atoms with Crippen LogP contribution in [0.1, 0.15) is 60.4 Å². The van der Waals surface area contributed by atoms with Crippen LogP contribution in [0.15, 0.2) is 30.3 Å². The molecule has 7 heteroatoms. The number of amides is 1. The first-order valence-electron chi connectivity index (χ1n) is 9.06. The van der Waals surface area contributed by atoms with Gasteiger partial charge in [-0.1, -0.05) is 42.5 Å². The van der Waals surface area contributed by atoms with Crippen molar-refractivity contribution in [3.63, 3.8) is 0 Å². The molecule has 0 radical (unpaired) electrons. The fourth-order valence-electron chi connectivity index (χ4n) is 3.39. The van der Waals surface area contributed by atoms with Gasteiger partial charge in [0.25, 0.3) is 5.91 Å². The molecule has 0 bridgehead atoms. The van der Waals surface area contributed by atoms with Gasteiger partial charge in [0, 0.05) is 12.0 Å². The SMILES string of the molecule is Cc1c(C(=O)NC(C)C(C)c2ccccc2)nnn1C1CCNCC1.Cl. The molecule has 1 aliphatic rings. The summed E-state index contributed by atoms with van der Waals surface area (Å²) in [5.74, 6) is 0.0814. The molecule has 6 nitrogen and oxygen atoms in total. The number of halogens is 1. The van der Waals surface area contributed by atoms with Crippen molar-refractivity contribution >= 4 is 18.3 Å². The number of nitrogens with zero attached hydrogens (tertiary/aromatic N) is 3. The van der Waals surface area contributed by atoms with Crippen LogP contribution < -0.4 is 10.6 Å². The van der Waals surface area contributed by atoms with Gasteiger partial charge < -0.3 is 10.6 Å². The molecule has 0 spiro atoms. The van der Waals surface area contributed by atoms with E-state index in [0.29, 0.717) is 11.7 Å². The van der Waals surface area contributed by atoms with Crippen LogP contribution in [0.2, 0.25) is 0 Å². The molecule has 2 unspecified atom stereocenters. The second kappa shape index (κ2) is 9.14. The van der Waals surface area contributed by atoms with E-state index in [1.54, 1.807) is 0 Å². The van der Waals surface area contributed by atoms with Crippen molar-refractivity contribution in [1.82, 2.24) is 25.6 Å². The number of carbonyl (C=O) groups excluding carboxylic acids is 1. The lowest BCUT2D eigenvalue weighted by Crippen LogP contribution is -2.36. The molecule has 2 N–H and O–H groups in total. The van der Waals surface area contributed by atoms with E-state index in [1.165, 1.54) is 5.56 Å². The van der Waals surface area contributed by atoms with Crippen LogP contribution in [0.25, 0.3) is 0 Å². The standard InChI is InChI=1S/C19H27N5O.ClH/c1-13(16-7-5-4-6-8-16)14(2)21-19(25)18-15(3)24(23-22-18)17-9-11-20-12-10-17;/h4-8,13-14,17,20H,9-12H2,1-3H3,(H,21,25);1H. The Morgan fingerprint density at radius 1 is 1.23 bits per heavy atom. The number of piperidine rings is 1. The summed E-state index contributed by atoms with van der Waals surface area (Å²) in [7, 11) is 0. The van der Waals surface area contributed by atoms with Gasteiger partial charge in [0.05, 0.1) is 11.7 Å². The third-order valence-corrected chi connectivity index (χ3v) is 5.23. The highest BCUT2D eigenvalue weighted by molar-refractivity contribution is 5.93. The molecule has 1 amide bonds. The summed E-state index contributed by atoms with van der Waals surface area (Å²) in [6.45, 7) is 8.05. The number of benzene rings is 1. The molecule has 2 heterocycles. The summed E-state index contributed by atoms with van der Waals surface area (Å²) in [4.78, 5) is 12.7. The van der Waals surface area contributed by atoms with E-state index in [4.69, 9.17) is 0 Å². The first kappa shape index (κ1) is 20.4. The van der Waals surface area contributed by atoms with Crippen molar-refractivity contribution in [2.45, 2.75) is 51.6 Å². The molecule has 0 aliphatic carbocycles. The average molecular weight is 378 g/mol. The lowest BCUT2D eigenvalue weighted by molar-refractivity contribution is 0.0929. The van der Waals surface area contributed by atoms with Gasteiger partial charge in [-0.3, -0.25) is 4.79 Å². The van der Waals surface area contributed by atoms with Crippen LogP contribution >= 0.6 is 12.4 Å². The normalized spacial score (nSPS) is 17.2. The summed E-state index contributed by atoms with van der Waals surface area (Å²) < 4.78 is 1.92. The molecule has 1 aromatic heterocycles. The predicted octanol–water partition coefficient (Wildman–Crippen LogP) is 2.85. The van der Waals surface area contributed by atoms with Gasteiger partial charge in [0.1, 0.15) is 0 Å². The highest BCUT2D eigenvalue weighted by Crippen LogP contribution is 2.21. The second-order valence-corrected chi connectivity index (χ2v) is 6.91. The fraction of sp³-hybridized carbons (Fsp3) is 0.526. The van der Waals surface area contributed by atoms with Crippen LogP contribution in [0.4, 0.5) is 0 Å². The lowest BCUT2D eigenvalue weighted by atomic mass is 9.94. The van der Waals surface area contributed by atoms with Gasteiger partial charge in [-0.05, 0) is 45.3 Å². The highest BCUT2D eigenvalue weighted by atomic mass is 35.5. The molecule has 1 aliphatic heterocycles. The van der Waals surface area contributed by atoms with Gasteiger partial charge in [-0.25, -0.2) is 4.68 Å². The van der Waals surface area contributed by atoms with Crippen molar-refractivity contribution in [2.24, 2.45) is 0 Å². The van der Waals surface area contributed by atoms with Crippen LogP contribution in [0.5, 0.6) is 0 Å².